The van der Waals surface area contributed by atoms with Crippen molar-refractivity contribution < 1.29 is 0 Å². The molecule has 0 aliphatic carbocycles. The molecule has 0 saturated heterocycles. The Labute approximate surface area is 127 Å². The molecule has 1 N–H and O–H groups in total. The summed E-state index contributed by atoms with van der Waals surface area (Å²) in [5, 5.41) is 20.8. The van der Waals surface area contributed by atoms with Crippen LogP contribution in [-0.2, 0) is 0 Å². The maximum atomic E-state index is 8.87. The summed E-state index contributed by atoms with van der Waals surface area (Å²) in [6, 6.07) is 17.0. The summed E-state index contributed by atoms with van der Waals surface area (Å²) in [7, 11) is 0. The molecule has 0 fully saturated rings. The number of rotatable bonds is 2. The van der Waals surface area contributed by atoms with Crippen LogP contribution in [0.2, 0.25) is 0 Å². The molecule has 0 bridgehead atoms. The molecule has 0 aliphatic rings. The SMILES string of the molecule is CC(Nc1ccc2nc3ccccc3nc2c1)=C(C#N)C#N. The van der Waals surface area contributed by atoms with E-state index in [1.54, 1.807) is 6.92 Å². The first kappa shape index (κ1) is 13.5. The fraction of sp³-hybridized carbons (Fsp3) is 0.0588. The number of nitriles is 2. The number of benzene rings is 2. The Morgan fingerprint density at radius 1 is 0.909 bits per heavy atom. The third-order valence-electron chi connectivity index (χ3n) is 3.27. The maximum Gasteiger partial charge on any atom is 0.148 e. The third kappa shape index (κ3) is 2.44. The predicted molar refractivity (Wildman–Crippen MR) is 84.6 cm³/mol. The number of nitrogens with one attached hydrogen (secondary N) is 1. The number of hydrogen-bond donors (Lipinski definition) is 1. The molecular formula is C17H11N5. The smallest absolute Gasteiger partial charge is 0.148 e. The Kier molecular flexibility index (Phi) is 3.39. The third-order valence-corrected chi connectivity index (χ3v) is 3.27. The van der Waals surface area contributed by atoms with Crippen LogP contribution in [0.15, 0.2) is 53.7 Å². The van der Waals surface area contributed by atoms with Gasteiger partial charge < -0.3 is 5.32 Å². The zero-order valence-electron chi connectivity index (χ0n) is 11.8. The van der Waals surface area contributed by atoms with Gasteiger partial charge in [0.15, 0.2) is 0 Å². The topological polar surface area (TPSA) is 85.4 Å². The largest absolute Gasteiger partial charge is 0.357 e. The van der Waals surface area contributed by atoms with Crippen LogP contribution in [0.3, 0.4) is 0 Å². The molecule has 22 heavy (non-hydrogen) atoms. The molecular weight excluding hydrogens is 274 g/mol. The summed E-state index contributed by atoms with van der Waals surface area (Å²) in [6.45, 7) is 1.69. The molecule has 3 aromatic rings. The first-order valence-corrected chi connectivity index (χ1v) is 6.66. The number of allylic oxidation sites excluding steroid dienone is 2. The first-order valence-electron chi connectivity index (χ1n) is 6.66. The van der Waals surface area contributed by atoms with Gasteiger partial charge in [0.25, 0.3) is 0 Å². The summed E-state index contributed by atoms with van der Waals surface area (Å²) in [5.41, 5.74) is 4.57. The van der Waals surface area contributed by atoms with Gasteiger partial charge in [0, 0.05) is 11.4 Å². The zero-order valence-corrected chi connectivity index (χ0v) is 11.8. The van der Waals surface area contributed by atoms with E-state index in [0.29, 0.717) is 5.70 Å². The van der Waals surface area contributed by atoms with Gasteiger partial charge in [-0.1, -0.05) is 12.1 Å². The van der Waals surface area contributed by atoms with Crippen LogP contribution < -0.4 is 5.32 Å². The average molecular weight is 285 g/mol. The standard InChI is InChI=1S/C17H11N5/c1-11(12(9-18)10-19)20-13-6-7-16-17(8-13)22-15-5-3-2-4-14(15)21-16/h2-8,20H,1H3. The number of para-hydroxylation sites is 2. The van der Waals surface area contributed by atoms with Crippen molar-refractivity contribution in [2.45, 2.75) is 6.92 Å². The Bertz CT molecular complexity index is 973. The van der Waals surface area contributed by atoms with E-state index in [0.717, 1.165) is 27.8 Å². The Balaban J connectivity index is 2.07. The van der Waals surface area contributed by atoms with Crippen LogP contribution in [0.25, 0.3) is 22.1 Å². The van der Waals surface area contributed by atoms with Gasteiger partial charge in [-0.15, -0.1) is 0 Å². The van der Waals surface area contributed by atoms with Crippen LogP contribution >= 0.6 is 0 Å². The monoisotopic (exact) mass is 285 g/mol. The normalized spacial score (nSPS) is 9.95. The molecule has 2 aromatic carbocycles. The van der Waals surface area contributed by atoms with E-state index in [9.17, 15) is 0 Å². The second-order valence-corrected chi connectivity index (χ2v) is 4.76. The maximum absolute atomic E-state index is 8.87. The van der Waals surface area contributed by atoms with Crippen molar-refractivity contribution in [3.05, 3.63) is 53.7 Å². The summed E-state index contributed by atoms with van der Waals surface area (Å²) in [6.07, 6.45) is 0. The molecule has 1 heterocycles. The highest BCUT2D eigenvalue weighted by Crippen LogP contribution is 2.21. The Hall–Kier alpha value is -3.44. The van der Waals surface area contributed by atoms with Gasteiger partial charge in [-0.25, -0.2) is 9.97 Å². The molecule has 0 atom stereocenters. The van der Waals surface area contributed by atoms with Gasteiger partial charge in [0.2, 0.25) is 0 Å². The van der Waals surface area contributed by atoms with E-state index in [1.165, 1.54) is 0 Å². The van der Waals surface area contributed by atoms with E-state index < -0.39 is 0 Å². The van der Waals surface area contributed by atoms with Crippen molar-refractivity contribution in [3.63, 3.8) is 0 Å². The number of aromatic nitrogens is 2. The van der Waals surface area contributed by atoms with Gasteiger partial charge in [-0.2, -0.15) is 10.5 Å². The van der Waals surface area contributed by atoms with E-state index in [-0.39, 0.29) is 5.57 Å². The lowest BCUT2D eigenvalue weighted by atomic mass is 10.2. The molecule has 0 radical (unpaired) electrons. The molecule has 0 saturated carbocycles. The van der Waals surface area contributed by atoms with Crippen LogP contribution in [0.1, 0.15) is 6.92 Å². The molecule has 104 valence electrons. The number of anilines is 1. The Morgan fingerprint density at radius 3 is 2.14 bits per heavy atom. The fourth-order valence-corrected chi connectivity index (χ4v) is 2.17. The van der Waals surface area contributed by atoms with Crippen LogP contribution in [0, 0.1) is 22.7 Å². The van der Waals surface area contributed by atoms with Crippen molar-refractivity contribution in [2.24, 2.45) is 0 Å². The van der Waals surface area contributed by atoms with Crippen LogP contribution in [-0.4, -0.2) is 9.97 Å². The van der Waals surface area contributed by atoms with Gasteiger partial charge in [0.05, 0.1) is 22.1 Å². The quantitative estimate of drug-likeness (QED) is 0.575. The minimum Gasteiger partial charge on any atom is -0.357 e. The average Bonchev–Trinajstić information content (AvgIpc) is 2.54. The zero-order chi connectivity index (χ0) is 15.5. The summed E-state index contributed by atoms with van der Waals surface area (Å²) >= 11 is 0. The highest BCUT2D eigenvalue weighted by Gasteiger charge is 2.05. The summed E-state index contributed by atoms with van der Waals surface area (Å²) in [4.78, 5) is 9.14. The lowest BCUT2D eigenvalue weighted by Crippen LogP contribution is -1.99. The van der Waals surface area contributed by atoms with Crippen molar-refractivity contribution in [1.82, 2.24) is 9.97 Å². The summed E-state index contributed by atoms with van der Waals surface area (Å²) < 4.78 is 0. The van der Waals surface area contributed by atoms with E-state index in [1.807, 2.05) is 54.6 Å². The predicted octanol–water partition coefficient (Wildman–Crippen LogP) is 3.52. The van der Waals surface area contributed by atoms with E-state index in [4.69, 9.17) is 10.5 Å². The van der Waals surface area contributed by atoms with Crippen LogP contribution in [0.4, 0.5) is 5.69 Å². The summed E-state index contributed by atoms with van der Waals surface area (Å²) in [5.74, 6) is 0. The van der Waals surface area contributed by atoms with Gasteiger partial charge in [-0.05, 0) is 37.3 Å². The van der Waals surface area contributed by atoms with Crippen LogP contribution in [0.5, 0.6) is 0 Å². The second-order valence-electron chi connectivity index (χ2n) is 4.76. The fourth-order valence-electron chi connectivity index (χ4n) is 2.17. The lowest BCUT2D eigenvalue weighted by molar-refractivity contribution is 1.32. The van der Waals surface area contributed by atoms with Gasteiger partial charge in [-0.3, -0.25) is 0 Å². The molecule has 3 rings (SSSR count). The second kappa shape index (κ2) is 5.51. The number of fused-ring (bicyclic) bond motifs is 2. The molecule has 0 amide bonds. The van der Waals surface area contributed by atoms with E-state index >= 15 is 0 Å². The highest BCUT2D eigenvalue weighted by molar-refractivity contribution is 5.88. The molecule has 1 aromatic heterocycles. The molecule has 0 aliphatic heterocycles. The van der Waals surface area contributed by atoms with Crippen molar-refractivity contribution in [2.75, 3.05) is 5.32 Å². The molecule has 5 heteroatoms. The number of hydrogen-bond acceptors (Lipinski definition) is 5. The van der Waals surface area contributed by atoms with Crippen molar-refractivity contribution >= 4 is 27.8 Å². The van der Waals surface area contributed by atoms with Crippen molar-refractivity contribution in [1.29, 1.82) is 10.5 Å². The lowest BCUT2D eigenvalue weighted by Gasteiger charge is -2.08. The number of nitrogens with zero attached hydrogens (tertiary/aromatic N) is 4. The molecule has 0 unspecified atom stereocenters. The molecule has 5 nitrogen and oxygen atoms in total. The van der Waals surface area contributed by atoms with Gasteiger partial charge in [0.1, 0.15) is 17.7 Å². The highest BCUT2D eigenvalue weighted by atomic mass is 14.9. The Morgan fingerprint density at radius 2 is 1.50 bits per heavy atom. The minimum atomic E-state index is 0.0599. The van der Waals surface area contributed by atoms with Gasteiger partial charge >= 0.3 is 0 Å². The van der Waals surface area contributed by atoms with E-state index in [2.05, 4.69) is 15.3 Å². The minimum absolute atomic E-state index is 0.0599. The van der Waals surface area contributed by atoms with Crippen molar-refractivity contribution in [3.8, 4) is 12.1 Å². The first-order chi connectivity index (χ1) is 10.7. The molecule has 0 spiro atoms.